The van der Waals surface area contributed by atoms with Crippen LogP contribution >= 0.6 is 0 Å². The van der Waals surface area contributed by atoms with E-state index in [1.54, 1.807) is 6.20 Å². The molecule has 28 heavy (non-hydrogen) atoms. The van der Waals surface area contributed by atoms with Gasteiger partial charge in [0.25, 0.3) is 5.56 Å². The van der Waals surface area contributed by atoms with Crippen molar-refractivity contribution >= 4 is 5.91 Å². The van der Waals surface area contributed by atoms with Gasteiger partial charge in [-0.1, -0.05) is 0 Å². The number of imidazole rings is 1. The third-order valence-electron chi connectivity index (χ3n) is 4.59. The number of hydrogen-bond acceptors (Lipinski definition) is 7. The van der Waals surface area contributed by atoms with Crippen molar-refractivity contribution in [3.63, 3.8) is 0 Å². The van der Waals surface area contributed by atoms with Gasteiger partial charge in [-0.25, -0.2) is 9.78 Å². The van der Waals surface area contributed by atoms with E-state index in [2.05, 4.69) is 20.3 Å². The lowest BCUT2D eigenvalue weighted by molar-refractivity contribution is -0.120. The predicted octanol–water partition coefficient (Wildman–Crippen LogP) is -1.81. The van der Waals surface area contributed by atoms with Crippen molar-refractivity contribution < 1.29 is 19.7 Å². The second kappa shape index (κ2) is 8.95. The Morgan fingerprint density at radius 1 is 1.43 bits per heavy atom. The smallest absolute Gasteiger partial charge is 0.330 e. The minimum Gasteiger partial charge on any atom is -0.394 e. The Hall–Kier alpha value is -2.76. The number of carbonyl (C=O) groups is 1. The van der Waals surface area contributed by atoms with E-state index >= 15 is 0 Å². The molecule has 0 spiro atoms. The lowest BCUT2D eigenvalue weighted by Crippen LogP contribution is -2.34. The molecule has 152 valence electrons. The van der Waals surface area contributed by atoms with Crippen LogP contribution in [0.4, 0.5) is 0 Å². The molecule has 0 aliphatic carbocycles. The first-order chi connectivity index (χ1) is 13.5. The van der Waals surface area contributed by atoms with Crippen LogP contribution in [0.5, 0.6) is 0 Å². The Kier molecular flexibility index (Phi) is 6.39. The lowest BCUT2D eigenvalue weighted by Gasteiger charge is -2.15. The summed E-state index contributed by atoms with van der Waals surface area (Å²) in [5, 5.41) is 21.8. The van der Waals surface area contributed by atoms with Crippen molar-refractivity contribution in [3.05, 3.63) is 50.8 Å². The van der Waals surface area contributed by atoms with Crippen LogP contribution in [0.1, 0.15) is 30.3 Å². The quantitative estimate of drug-likeness (QED) is 0.330. The highest BCUT2D eigenvalue weighted by Gasteiger charge is 2.35. The number of hydrogen-bond donors (Lipinski definition) is 5. The number of amides is 1. The summed E-state index contributed by atoms with van der Waals surface area (Å²) in [6.45, 7) is 0.0115. The fourth-order valence-corrected chi connectivity index (χ4v) is 3.09. The van der Waals surface area contributed by atoms with Gasteiger partial charge in [-0.05, 0) is 12.8 Å². The number of aryl methyl sites for hydroxylation is 1. The fourth-order valence-electron chi connectivity index (χ4n) is 3.09. The summed E-state index contributed by atoms with van der Waals surface area (Å²) in [5.74, 6) is -0.161. The highest BCUT2D eigenvalue weighted by molar-refractivity contribution is 5.77. The summed E-state index contributed by atoms with van der Waals surface area (Å²) >= 11 is 0. The van der Waals surface area contributed by atoms with Gasteiger partial charge in [0.2, 0.25) is 5.91 Å². The van der Waals surface area contributed by atoms with E-state index in [4.69, 9.17) is 9.84 Å². The monoisotopic (exact) mass is 393 g/mol. The molecule has 3 atom stereocenters. The first-order valence-corrected chi connectivity index (χ1v) is 9.00. The summed E-state index contributed by atoms with van der Waals surface area (Å²) in [4.78, 5) is 44.9. The predicted molar refractivity (Wildman–Crippen MR) is 96.6 cm³/mol. The van der Waals surface area contributed by atoms with E-state index in [1.807, 2.05) is 0 Å². The Morgan fingerprint density at radius 3 is 2.93 bits per heavy atom. The second-order valence-electron chi connectivity index (χ2n) is 6.64. The van der Waals surface area contributed by atoms with Crippen LogP contribution in [-0.4, -0.2) is 61.0 Å². The molecule has 0 aromatic carbocycles. The number of ether oxygens (including phenoxy) is 1. The minimum absolute atomic E-state index is 0.139. The van der Waals surface area contributed by atoms with Gasteiger partial charge in [-0.2, -0.15) is 0 Å². The average molecular weight is 393 g/mol. The summed E-state index contributed by atoms with van der Waals surface area (Å²) < 4.78 is 6.68. The summed E-state index contributed by atoms with van der Waals surface area (Å²) in [6.07, 6.45) is 3.25. The molecule has 0 unspecified atom stereocenters. The molecule has 0 saturated carbocycles. The maximum absolute atomic E-state index is 12.1. The topological polar surface area (TPSA) is 162 Å². The number of nitrogens with zero attached hydrogens (tertiary/aromatic N) is 2. The van der Waals surface area contributed by atoms with Gasteiger partial charge in [-0.15, -0.1) is 0 Å². The van der Waals surface area contributed by atoms with Gasteiger partial charge < -0.3 is 25.3 Å². The number of H-pyrrole nitrogens is 2. The van der Waals surface area contributed by atoms with Crippen LogP contribution in [-0.2, 0) is 22.4 Å². The normalized spacial score (nSPS) is 21.7. The molecule has 1 aliphatic rings. The first kappa shape index (κ1) is 20.0. The summed E-state index contributed by atoms with van der Waals surface area (Å²) in [5.41, 5.74) is -0.0615. The number of aromatic amines is 2. The molecule has 1 fully saturated rings. The SMILES string of the molecule is O=C(Cc1cnc[nH]1)NCCCc1cn([C@H]2C[C@H](O)[C@@H](CO)O2)c(=O)[nH]c1=O. The number of nitrogens with one attached hydrogen (secondary N) is 3. The highest BCUT2D eigenvalue weighted by Crippen LogP contribution is 2.27. The van der Waals surface area contributed by atoms with E-state index in [-0.39, 0.29) is 25.4 Å². The number of aliphatic hydroxyl groups excluding tert-OH is 2. The largest absolute Gasteiger partial charge is 0.394 e. The maximum atomic E-state index is 12.1. The molecular weight excluding hydrogens is 370 g/mol. The molecular formula is C17H23N5O6. The third-order valence-corrected chi connectivity index (χ3v) is 4.59. The molecule has 11 heteroatoms. The number of aromatic nitrogens is 4. The van der Waals surface area contributed by atoms with Gasteiger partial charge in [0, 0.05) is 36.6 Å². The van der Waals surface area contributed by atoms with Crippen LogP contribution in [0.3, 0.4) is 0 Å². The van der Waals surface area contributed by atoms with Crippen LogP contribution in [0.15, 0.2) is 28.3 Å². The molecule has 0 bridgehead atoms. The molecule has 2 aromatic heterocycles. The van der Waals surface area contributed by atoms with Crippen molar-refractivity contribution in [2.45, 2.75) is 44.1 Å². The maximum Gasteiger partial charge on any atom is 0.330 e. The molecule has 3 rings (SSSR count). The summed E-state index contributed by atoms with van der Waals surface area (Å²) in [7, 11) is 0. The molecule has 1 saturated heterocycles. The summed E-state index contributed by atoms with van der Waals surface area (Å²) in [6, 6.07) is 0. The van der Waals surface area contributed by atoms with Crippen molar-refractivity contribution in [2.75, 3.05) is 13.2 Å². The Balaban J connectivity index is 1.56. The number of rotatable bonds is 8. The molecule has 11 nitrogen and oxygen atoms in total. The van der Waals surface area contributed by atoms with Crippen LogP contribution in [0.25, 0.3) is 0 Å². The molecule has 0 radical (unpaired) electrons. The van der Waals surface area contributed by atoms with Gasteiger partial charge >= 0.3 is 5.69 Å². The Labute approximate surface area is 159 Å². The van der Waals surface area contributed by atoms with Crippen LogP contribution in [0.2, 0.25) is 0 Å². The zero-order chi connectivity index (χ0) is 20.1. The number of carbonyl (C=O) groups excluding carboxylic acids is 1. The zero-order valence-corrected chi connectivity index (χ0v) is 15.1. The van der Waals surface area contributed by atoms with Crippen molar-refractivity contribution in [1.82, 2.24) is 24.8 Å². The van der Waals surface area contributed by atoms with E-state index in [1.165, 1.54) is 17.1 Å². The van der Waals surface area contributed by atoms with Crippen LogP contribution in [0, 0.1) is 0 Å². The van der Waals surface area contributed by atoms with Gasteiger partial charge in [0.05, 0.1) is 25.5 Å². The Bertz CT molecular complexity index is 906. The molecule has 3 heterocycles. The second-order valence-corrected chi connectivity index (χ2v) is 6.64. The van der Waals surface area contributed by atoms with E-state index < -0.39 is 29.7 Å². The standard InChI is InChI=1S/C17H23N5O6/c23-8-13-12(24)5-15(28-13)22-7-10(16(26)21-17(22)27)2-1-3-19-14(25)4-11-6-18-9-20-11/h6-7,9,12-13,15,23-24H,1-5,8H2,(H,18,20)(H,19,25)(H,21,26,27)/t12-,13+,15+/m0/s1. The fraction of sp³-hybridized carbons (Fsp3) is 0.529. The lowest BCUT2D eigenvalue weighted by atomic mass is 10.1. The van der Waals surface area contributed by atoms with Gasteiger partial charge in [0.15, 0.2) is 0 Å². The first-order valence-electron chi connectivity index (χ1n) is 9.00. The zero-order valence-electron chi connectivity index (χ0n) is 15.1. The molecule has 2 aromatic rings. The molecule has 5 N–H and O–H groups in total. The number of aliphatic hydroxyl groups is 2. The van der Waals surface area contributed by atoms with Crippen molar-refractivity contribution in [1.29, 1.82) is 0 Å². The van der Waals surface area contributed by atoms with E-state index in [0.29, 0.717) is 30.6 Å². The van der Waals surface area contributed by atoms with Crippen molar-refractivity contribution in [2.24, 2.45) is 0 Å². The Morgan fingerprint density at radius 2 is 2.25 bits per heavy atom. The van der Waals surface area contributed by atoms with E-state index in [9.17, 15) is 19.5 Å². The van der Waals surface area contributed by atoms with Crippen LogP contribution < -0.4 is 16.6 Å². The van der Waals surface area contributed by atoms with Gasteiger partial charge in [0.1, 0.15) is 12.3 Å². The van der Waals surface area contributed by atoms with E-state index in [0.717, 1.165) is 0 Å². The third kappa shape index (κ3) is 4.74. The molecule has 1 amide bonds. The van der Waals surface area contributed by atoms with Gasteiger partial charge in [-0.3, -0.25) is 19.1 Å². The molecule has 1 aliphatic heterocycles. The van der Waals surface area contributed by atoms with Crippen molar-refractivity contribution in [3.8, 4) is 0 Å². The minimum atomic E-state index is -0.887. The average Bonchev–Trinajstić information content (AvgIpc) is 3.29. The highest BCUT2D eigenvalue weighted by atomic mass is 16.5.